The molecule has 2 N–H and O–H groups in total. The molecule has 0 unspecified atom stereocenters. The first-order chi connectivity index (χ1) is 8.66. The maximum atomic E-state index is 6.30. The Bertz CT molecular complexity index is 545. The van der Waals surface area contributed by atoms with Crippen LogP contribution >= 0.6 is 27.3 Å². The molecule has 1 saturated carbocycles. The maximum Gasteiger partial charge on any atom is 0.231 e. The highest BCUT2D eigenvalue weighted by molar-refractivity contribution is 9.11. The van der Waals surface area contributed by atoms with Crippen LogP contribution in [0.4, 0.5) is 0 Å². The zero-order valence-electron chi connectivity index (χ0n) is 9.86. The number of thiophene rings is 1. The summed E-state index contributed by atoms with van der Waals surface area (Å²) in [5, 5.41) is 4.05. The molecular weight excluding hydrogens is 314 g/mol. The van der Waals surface area contributed by atoms with Gasteiger partial charge in [0.1, 0.15) is 0 Å². The molecule has 0 radical (unpaired) electrons. The van der Waals surface area contributed by atoms with E-state index in [2.05, 4.69) is 32.1 Å². The SMILES string of the molecule is NC1(c2noc(Cc3ccc(Br)s3)n2)CCCC1. The number of aromatic nitrogens is 2. The lowest BCUT2D eigenvalue weighted by Gasteiger charge is -2.17. The van der Waals surface area contributed by atoms with E-state index in [0.717, 1.165) is 29.5 Å². The average Bonchev–Trinajstić information content (AvgIpc) is 3.02. The molecule has 0 atom stereocenters. The van der Waals surface area contributed by atoms with Crippen molar-refractivity contribution in [3.63, 3.8) is 0 Å². The van der Waals surface area contributed by atoms with Gasteiger partial charge in [-0.15, -0.1) is 11.3 Å². The Labute approximate surface area is 118 Å². The van der Waals surface area contributed by atoms with Crippen molar-refractivity contribution >= 4 is 27.3 Å². The minimum absolute atomic E-state index is 0.363. The first kappa shape index (κ1) is 12.3. The van der Waals surface area contributed by atoms with Crippen LogP contribution in [-0.4, -0.2) is 10.1 Å². The van der Waals surface area contributed by atoms with Crippen molar-refractivity contribution in [2.24, 2.45) is 5.73 Å². The topological polar surface area (TPSA) is 64.9 Å². The number of hydrogen-bond acceptors (Lipinski definition) is 5. The molecule has 1 aliphatic rings. The van der Waals surface area contributed by atoms with E-state index >= 15 is 0 Å². The Kier molecular flexibility index (Phi) is 3.25. The lowest BCUT2D eigenvalue weighted by Crippen LogP contribution is -2.34. The Morgan fingerprint density at radius 1 is 1.39 bits per heavy atom. The van der Waals surface area contributed by atoms with Crippen LogP contribution in [0.3, 0.4) is 0 Å². The summed E-state index contributed by atoms with van der Waals surface area (Å²) in [6.07, 6.45) is 4.89. The van der Waals surface area contributed by atoms with Crippen LogP contribution in [0.15, 0.2) is 20.4 Å². The predicted octanol–water partition coefficient (Wildman–Crippen LogP) is 3.21. The fraction of sp³-hybridized carbons (Fsp3) is 0.500. The summed E-state index contributed by atoms with van der Waals surface area (Å²) < 4.78 is 6.42. The van der Waals surface area contributed by atoms with Gasteiger partial charge in [0.15, 0.2) is 5.82 Å². The summed E-state index contributed by atoms with van der Waals surface area (Å²) in [7, 11) is 0. The van der Waals surface area contributed by atoms with Crippen LogP contribution in [0, 0.1) is 0 Å². The molecule has 2 aromatic heterocycles. The largest absolute Gasteiger partial charge is 0.339 e. The van der Waals surface area contributed by atoms with Crippen LogP contribution in [0.2, 0.25) is 0 Å². The highest BCUT2D eigenvalue weighted by Gasteiger charge is 2.35. The summed E-state index contributed by atoms with van der Waals surface area (Å²) in [4.78, 5) is 5.66. The maximum absolute atomic E-state index is 6.30. The normalized spacial score (nSPS) is 18.3. The van der Waals surface area contributed by atoms with Crippen LogP contribution < -0.4 is 5.73 Å². The van der Waals surface area contributed by atoms with Gasteiger partial charge in [0.05, 0.1) is 15.7 Å². The molecule has 1 fully saturated rings. The van der Waals surface area contributed by atoms with E-state index in [9.17, 15) is 0 Å². The Morgan fingerprint density at radius 3 is 2.83 bits per heavy atom. The molecule has 3 rings (SSSR count). The van der Waals surface area contributed by atoms with E-state index < -0.39 is 0 Å². The molecule has 2 heterocycles. The molecule has 1 aliphatic carbocycles. The lowest BCUT2D eigenvalue weighted by molar-refractivity contribution is 0.352. The van der Waals surface area contributed by atoms with Crippen LogP contribution in [0.25, 0.3) is 0 Å². The average molecular weight is 328 g/mol. The Hall–Kier alpha value is -0.720. The van der Waals surface area contributed by atoms with E-state index in [0.29, 0.717) is 18.1 Å². The summed E-state index contributed by atoms with van der Waals surface area (Å²) in [6.45, 7) is 0. The Balaban J connectivity index is 1.77. The van der Waals surface area contributed by atoms with E-state index in [4.69, 9.17) is 10.3 Å². The van der Waals surface area contributed by atoms with E-state index in [1.165, 1.54) is 4.88 Å². The van der Waals surface area contributed by atoms with Crippen LogP contribution in [0.1, 0.15) is 42.3 Å². The van der Waals surface area contributed by atoms with Gasteiger partial charge in [-0.25, -0.2) is 0 Å². The molecule has 4 nitrogen and oxygen atoms in total. The van der Waals surface area contributed by atoms with Crippen molar-refractivity contribution in [1.29, 1.82) is 0 Å². The second-order valence-corrected chi connectivity index (χ2v) is 7.31. The first-order valence-corrected chi connectivity index (χ1v) is 7.63. The molecule has 6 heteroatoms. The molecule has 0 aliphatic heterocycles. The molecule has 2 aromatic rings. The van der Waals surface area contributed by atoms with Crippen molar-refractivity contribution < 1.29 is 4.52 Å². The van der Waals surface area contributed by atoms with Crippen molar-refractivity contribution in [3.05, 3.63) is 32.5 Å². The first-order valence-electron chi connectivity index (χ1n) is 6.02. The van der Waals surface area contributed by atoms with Crippen LogP contribution in [0.5, 0.6) is 0 Å². The lowest BCUT2D eigenvalue weighted by atomic mass is 9.99. The quantitative estimate of drug-likeness (QED) is 0.940. The molecule has 0 aromatic carbocycles. The highest BCUT2D eigenvalue weighted by Crippen LogP contribution is 2.34. The van der Waals surface area contributed by atoms with Gasteiger partial charge in [-0.2, -0.15) is 4.98 Å². The predicted molar refractivity (Wildman–Crippen MR) is 73.5 cm³/mol. The van der Waals surface area contributed by atoms with Gasteiger partial charge in [-0.05, 0) is 40.9 Å². The number of hydrogen-bond donors (Lipinski definition) is 1. The van der Waals surface area contributed by atoms with E-state index in [-0.39, 0.29) is 5.54 Å². The second-order valence-electron chi connectivity index (χ2n) is 4.76. The van der Waals surface area contributed by atoms with Gasteiger partial charge in [0.25, 0.3) is 0 Å². The summed E-state index contributed by atoms with van der Waals surface area (Å²) in [5.74, 6) is 1.32. The van der Waals surface area contributed by atoms with E-state index in [1.807, 2.05) is 6.07 Å². The van der Waals surface area contributed by atoms with Crippen molar-refractivity contribution in [1.82, 2.24) is 10.1 Å². The number of rotatable bonds is 3. The van der Waals surface area contributed by atoms with Gasteiger partial charge in [0, 0.05) is 4.88 Å². The third kappa shape index (κ3) is 2.37. The van der Waals surface area contributed by atoms with Gasteiger partial charge in [-0.3, -0.25) is 0 Å². The number of nitrogens with two attached hydrogens (primary N) is 1. The zero-order valence-corrected chi connectivity index (χ0v) is 12.3. The van der Waals surface area contributed by atoms with Gasteiger partial charge >= 0.3 is 0 Å². The fourth-order valence-electron chi connectivity index (χ4n) is 2.35. The molecule has 0 bridgehead atoms. The summed E-state index contributed by atoms with van der Waals surface area (Å²) >= 11 is 5.13. The van der Waals surface area contributed by atoms with Crippen molar-refractivity contribution in [3.8, 4) is 0 Å². The van der Waals surface area contributed by atoms with Crippen LogP contribution in [-0.2, 0) is 12.0 Å². The standard InChI is InChI=1S/C12H14BrN3OS/c13-9-4-3-8(18-9)7-10-15-11(16-17-10)12(14)5-1-2-6-12/h3-4H,1-2,5-7,14H2. The number of nitrogens with zero attached hydrogens (tertiary/aromatic N) is 2. The third-order valence-corrected chi connectivity index (χ3v) is 4.99. The highest BCUT2D eigenvalue weighted by atomic mass is 79.9. The van der Waals surface area contributed by atoms with Crippen molar-refractivity contribution in [2.45, 2.75) is 37.6 Å². The van der Waals surface area contributed by atoms with E-state index in [1.54, 1.807) is 11.3 Å². The molecule has 0 spiro atoms. The third-order valence-electron chi connectivity index (χ3n) is 3.36. The molecule has 0 amide bonds. The van der Waals surface area contributed by atoms with Crippen molar-refractivity contribution in [2.75, 3.05) is 0 Å². The molecule has 0 saturated heterocycles. The monoisotopic (exact) mass is 327 g/mol. The Morgan fingerprint density at radius 2 is 2.17 bits per heavy atom. The minimum Gasteiger partial charge on any atom is -0.339 e. The zero-order chi connectivity index (χ0) is 12.6. The van der Waals surface area contributed by atoms with Gasteiger partial charge in [0.2, 0.25) is 5.89 Å². The second kappa shape index (κ2) is 4.75. The fourth-order valence-corrected chi connectivity index (χ4v) is 3.83. The molecule has 96 valence electrons. The number of halogens is 1. The summed E-state index contributed by atoms with van der Waals surface area (Å²) in [6, 6.07) is 4.09. The smallest absolute Gasteiger partial charge is 0.231 e. The molecular formula is C12H14BrN3OS. The minimum atomic E-state index is -0.363. The van der Waals surface area contributed by atoms with Gasteiger partial charge < -0.3 is 10.3 Å². The molecule has 18 heavy (non-hydrogen) atoms. The summed E-state index contributed by atoms with van der Waals surface area (Å²) in [5.41, 5.74) is 5.94. The van der Waals surface area contributed by atoms with Gasteiger partial charge in [-0.1, -0.05) is 18.0 Å².